The monoisotopic (exact) mass is 345 g/mol. The van der Waals surface area contributed by atoms with E-state index in [-0.39, 0.29) is 11.5 Å². The van der Waals surface area contributed by atoms with E-state index in [0.29, 0.717) is 22.4 Å². The summed E-state index contributed by atoms with van der Waals surface area (Å²) in [5, 5.41) is 4.89. The standard InChI is InChI=1S/C17H16FN3O2S/c1-22-15-8-7-11(9-16(15)23-2)14-10-24-17(21-20-14)19-13-6-4-3-5-12(13)18/h3-9H,10H2,1-2H3,(H,19,21). The second-order valence-corrected chi connectivity index (χ2v) is 5.86. The van der Waals surface area contributed by atoms with Gasteiger partial charge >= 0.3 is 0 Å². The zero-order valence-electron chi connectivity index (χ0n) is 13.2. The van der Waals surface area contributed by atoms with Crippen molar-refractivity contribution in [3.63, 3.8) is 0 Å². The topological polar surface area (TPSA) is 55.2 Å². The maximum absolute atomic E-state index is 13.6. The summed E-state index contributed by atoms with van der Waals surface area (Å²) in [6.45, 7) is 0. The predicted molar refractivity (Wildman–Crippen MR) is 95.2 cm³/mol. The van der Waals surface area contributed by atoms with Gasteiger partial charge in [-0.2, -0.15) is 5.10 Å². The second kappa shape index (κ2) is 7.35. The van der Waals surface area contributed by atoms with Gasteiger partial charge in [0.05, 0.1) is 19.9 Å². The molecule has 0 saturated heterocycles. The summed E-state index contributed by atoms with van der Waals surface area (Å²) in [5.74, 6) is 1.58. The molecule has 0 aliphatic carbocycles. The van der Waals surface area contributed by atoms with E-state index in [9.17, 15) is 4.39 Å². The van der Waals surface area contributed by atoms with E-state index in [1.54, 1.807) is 32.4 Å². The van der Waals surface area contributed by atoms with Gasteiger partial charge in [-0.25, -0.2) is 9.38 Å². The van der Waals surface area contributed by atoms with Crippen molar-refractivity contribution in [2.24, 2.45) is 10.1 Å². The minimum absolute atomic E-state index is 0.289. The Labute approximate surface area is 143 Å². The Morgan fingerprint density at radius 1 is 1.12 bits per heavy atom. The minimum atomic E-state index is -0.359. The normalized spacial score (nSPS) is 15.6. The molecule has 0 amide bonds. The molecular formula is C17H16FN3O2S. The minimum Gasteiger partial charge on any atom is -0.493 e. The van der Waals surface area contributed by atoms with E-state index in [0.717, 1.165) is 11.3 Å². The summed E-state index contributed by atoms with van der Waals surface area (Å²) >= 11 is 1.46. The first-order valence-electron chi connectivity index (χ1n) is 7.22. The lowest BCUT2D eigenvalue weighted by Gasteiger charge is -2.16. The molecule has 0 fully saturated rings. The number of amidine groups is 1. The van der Waals surface area contributed by atoms with Gasteiger partial charge in [-0.05, 0) is 30.3 Å². The van der Waals surface area contributed by atoms with Crippen molar-refractivity contribution in [1.29, 1.82) is 0 Å². The predicted octanol–water partition coefficient (Wildman–Crippen LogP) is 3.57. The summed E-state index contributed by atoms with van der Waals surface area (Å²) in [6, 6.07) is 12.0. The van der Waals surface area contributed by atoms with Gasteiger partial charge in [0.25, 0.3) is 0 Å². The molecule has 124 valence electrons. The van der Waals surface area contributed by atoms with Crippen molar-refractivity contribution >= 4 is 28.3 Å². The molecule has 24 heavy (non-hydrogen) atoms. The highest BCUT2D eigenvalue weighted by atomic mass is 32.2. The zero-order chi connectivity index (χ0) is 16.9. The highest BCUT2D eigenvalue weighted by Gasteiger charge is 2.15. The number of benzene rings is 2. The Kier molecular flexibility index (Phi) is 5.00. The molecule has 1 N–H and O–H groups in total. The summed E-state index contributed by atoms with van der Waals surface area (Å²) < 4.78 is 24.2. The third-order valence-electron chi connectivity index (χ3n) is 3.42. The van der Waals surface area contributed by atoms with Crippen molar-refractivity contribution in [2.75, 3.05) is 20.0 Å². The van der Waals surface area contributed by atoms with Crippen LogP contribution in [0.2, 0.25) is 0 Å². The summed E-state index contributed by atoms with van der Waals surface area (Å²) in [4.78, 5) is 4.25. The highest BCUT2D eigenvalue weighted by molar-refractivity contribution is 8.14. The number of hydrogen-bond donors (Lipinski definition) is 1. The number of hydrazone groups is 1. The number of methoxy groups -OCH3 is 2. The fourth-order valence-corrected chi connectivity index (χ4v) is 2.97. The fraction of sp³-hybridized carbons (Fsp3) is 0.176. The van der Waals surface area contributed by atoms with Crippen molar-refractivity contribution in [2.45, 2.75) is 0 Å². The zero-order valence-corrected chi connectivity index (χ0v) is 14.1. The Morgan fingerprint density at radius 2 is 1.92 bits per heavy atom. The largest absolute Gasteiger partial charge is 0.493 e. The maximum atomic E-state index is 13.6. The quantitative estimate of drug-likeness (QED) is 0.920. The van der Waals surface area contributed by atoms with Crippen LogP contribution in [-0.2, 0) is 0 Å². The van der Waals surface area contributed by atoms with Gasteiger partial charge in [-0.15, -0.1) is 0 Å². The first-order valence-corrected chi connectivity index (χ1v) is 8.21. The van der Waals surface area contributed by atoms with Crippen LogP contribution < -0.4 is 14.9 Å². The molecule has 2 aromatic rings. The van der Waals surface area contributed by atoms with Crippen LogP contribution in [0.4, 0.5) is 10.1 Å². The van der Waals surface area contributed by atoms with Crippen molar-refractivity contribution in [1.82, 2.24) is 5.43 Å². The lowest BCUT2D eigenvalue weighted by molar-refractivity contribution is 0.355. The summed E-state index contributed by atoms with van der Waals surface area (Å²) in [7, 11) is 3.19. The number of thioether (sulfide) groups is 1. The third kappa shape index (κ3) is 3.51. The average molecular weight is 345 g/mol. The molecule has 2 aromatic carbocycles. The molecule has 7 heteroatoms. The van der Waals surface area contributed by atoms with E-state index < -0.39 is 0 Å². The van der Waals surface area contributed by atoms with Crippen LogP contribution in [0.5, 0.6) is 11.5 Å². The number of ether oxygens (including phenoxy) is 2. The SMILES string of the molecule is COc1ccc(C2=NNC(=Nc3ccccc3F)SC2)cc1OC. The molecule has 1 aliphatic heterocycles. The smallest absolute Gasteiger partial charge is 0.182 e. The molecule has 3 rings (SSSR count). The molecule has 1 heterocycles. The van der Waals surface area contributed by atoms with Gasteiger partial charge in [-0.1, -0.05) is 23.9 Å². The highest BCUT2D eigenvalue weighted by Crippen LogP contribution is 2.29. The molecule has 0 aromatic heterocycles. The lowest BCUT2D eigenvalue weighted by Crippen LogP contribution is -2.25. The second-order valence-electron chi connectivity index (χ2n) is 4.90. The van der Waals surface area contributed by atoms with Crippen LogP contribution in [-0.4, -0.2) is 30.9 Å². The molecule has 1 aliphatic rings. The number of para-hydroxylation sites is 1. The Balaban J connectivity index is 1.80. The summed E-state index contributed by atoms with van der Waals surface area (Å²) in [5.41, 5.74) is 4.94. The molecule has 0 atom stereocenters. The van der Waals surface area contributed by atoms with E-state index >= 15 is 0 Å². The van der Waals surface area contributed by atoms with Crippen molar-refractivity contribution in [3.05, 3.63) is 53.8 Å². The van der Waals surface area contributed by atoms with E-state index in [1.165, 1.54) is 17.8 Å². The van der Waals surface area contributed by atoms with Crippen LogP contribution in [0.15, 0.2) is 52.6 Å². The van der Waals surface area contributed by atoms with Crippen LogP contribution in [0.25, 0.3) is 0 Å². The van der Waals surface area contributed by atoms with Gasteiger partial charge in [0.1, 0.15) is 11.5 Å². The van der Waals surface area contributed by atoms with Crippen LogP contribution in [0.1, 0.15) is 5.56 Å². The van der Waals surface area contributed by atoms with Gasteiger partial charge < -0.3 is 9.47 Å². The van der Waals surface area contributed by atoms with Gasteiger partial charge in [-0.3, -0.25) is 5.43 Å². The Morgan fingerprint density at radius 3 is 2.58 bits per heavy atom. The Bertz CT molecular complexity index is 808. The van der Waals surface area contributed by atoms with Gasteiger partial charge in [0.15, 0.2) is 16.7 Å². The molecular weight excluding hydrogens is 329 g/mol. The fourth-order valence-electron chi connectivity index (χ4n) is 2.19. The van der Waals surface area contributed by atoms with E-state index in [4.69, 9.17) is 9.47 Å². The van der Waals surface area contributed by atoms with E-state index in [1.807, 2.05) is 18.2 Å². The number of hydrogen-bond acceptors (Lipinski definition) is 5. The number of rotatable bonds is 4. The number of halogens is 1. The average Bonchev–Trinajstić information content (AvgIpc) is 2.63. The molecule has 0 spiro atoms. The van der Waals surface area contributed by atoms with Gasteiger partial charge in [0.2, 0.25) is 0 Å². The molecule has 5 nitrogen and oxygen atoms in total. The lowest BCUT2D eigenvalue weighted by atomic mass is 10.1. The van der Waals surface area contributed by atoms with Crippen LogP contribution in [0.3, 0.4) is 0 Å². The van der Waals surface area contributed by atoms with Crippen LogP contribution in [0, 0.1) is 5.82 Å². The molecule has 0 unspecified atom stereocenters. The van der Waals surface area contributed by atoms with Crippen molar-refractivity contribution < 1.29 is 13.9 Å². The number of nitrogens with zero attached hydrogens (tertiary/aromatic N) is 2. The summed E-state index contributed by atoms with van der Waals surface area (Å²) in [6.07, 6.45) is 0. The van der Waals surface area contributed by atoms with Crippen molar-refractivity contribution in [3.8, 4) is 11.5 Å². The Hall–Kier alpha value is -2.54. The first-order chi connectivity index (χ1) is 11.7. The molecule has 0 bridgehead atoms. The van der Waals surface area contributed by atoms with Gasteiger partial charge in [0, 0.05) is 11.3 Å². The molecule has 0 saturated carbocycles. The van der Waals surface area contributed by atoms with Crippen LogP contribution >= 0.6 is 11.8 Å². The first kappa shape index (κ1) is 16.3. The van der Waals surface area contributed by atoms with E-state index in [2.05, 4.69) is 15.5 Å². The number of nitrogens with one attached hydrogen (secondary N) is 1. The maximum Gasteiger partial charge on any atom is 0.182 e. The third-order valence-corrected chi connectivity index (χ3v) is 4.30. The number of aliphatic imine (C=N–C) groups is 1. The molecule has 0 radical (unpaired) electrons.